The largest absolute Gasteiger partial charge is 0.436 e. The van der Waals surface area contributed by atoms with E-state index >= 15 is 0 Å². The molecular formula is C23H22N6O3. The molecule has 0 spiro atoms. The van der Waals surface area contributed by atoms with Gasteiger partial charge < -0.3 is 20.0 Å². The number of amides is 2. The highest BCUT2D eigenvalue weighted by Crippen LogP contribution is 2.35. The van der Waals surface area contributed by atoms with E-state index in [1.165, 1.54) is 6.92 Å². The maximum absolute atomic E-state index is 12.2. The second kappa shape index (κ2) is 7.60. The Kier molecular flexibility index (Phi) is 4.73. The number of hydrogen-bond donors (Lipinski definition) is 2. The fraction of sp³-hybridized carbons (Fsp3) is 0.261. The molecule has 0 bridgehead atoms. The van der Waals surface area contributed by atoms with Crippen molar-refractivity contribution in [2.24, 2.45) is 5.92 Å². The molecule has 1 aliphatic carbocycles. The summed E-state index contributed by atoms with van der Waals surface area (Å²) in [6, 6.07) is 7.23. The van der Waals surface area contributed by atoms with Gasteiger partial charge in [0.15, 0.2) is 5.58 Å². The van der Waals surface area contributed by atoms with E-state index in [-0.39, 0.29) is 17.7 Å². The summed E-state index contributed by atoms with van der Waals surface area (Å²) >= 11 is 0. The first-order chi connectivity index (χ1) is 15.4. The summed E-state index contributed by atoms with van der Waals surface area (Å²) < 4.78 is 6.02. The number of nitrogens with zero attached hydrogens (tertiary/aromatic N) is 4. The lowest BCUT2D eigenvalue weighted by molar-refractivity contribution is -0.117. The summed E-state index contributed by atoms with van der Waals surface area (Å²) in [5, 5.41) is 7.55. The molecule has 2 amide bonds. The standard InChI is InChI=1S/C23H22N6O3/c1-12(30)29(3)14-6-7-19-18(8-14)27-23(32-19)17-11-26-21(24-2)16-10-25-20(9-15(16)17)28-22(31)13-4-5-13/h6-11,13H,4-5H2,1-3H3,(H,24,26)(H,25,28,31). The van der Waals surface area contributed by atoms with Gasteiger partial charge in [-0.1, -0.05) is 0 Å². The molecule has 1 aromatic carbocycles. The lowest BCUT2D eigenvalue weighted by Crippen LogP contribution is -2.22. The molecule has 0 radical (unpaired) electrons. The molecule has 1 aliphatic rings. The molecule has 5 rings (SSSR count). The molecule has 0 unspecified atom stereocenters. The third-order valence-corrected chi connectivity index (χ3v) is 5.67. The van der Waals surface area contributed by atoms with Crippen molar-refractivity contribution in [2.75, 3.05) is 29.6 Å². The van der Waals surface area contributed by atoms with E-state index in [4.69, 9.17) is 4.42 Å². The van der Waals surface area contributed by atoms with Crippen LogP contribution in [0.25, 0.3) is 33.3 Å². The van der Waals surface area contributed by atoms with Crippen LogP contribution in [0.5, 0.6) is 0 Å². The second-order valence-electron chi connectivity index (χ2n) is 7.90. The van der Waals surface area contributed by atoms with Gasteiger partial charge in [-0.05, 0) is 37.1 Å². The first kappa shape index (κ1) is 19.9. The molecule has 2 N–H and O–H groups in total. The number of carbonyl (C=O) groups excluding carboxylic acids is 2. The van der Waals surface area contributed by atoms with Crippen molar-refractivity contribution in [1.29, 1.82) is 0 Å². The summed E-state index contributed by atoms with van der Waals surface area (Å²) in [5.74, 6) is 1.54. The second-order valence-corrected chi connectivity index (χ2v) is 7.90. The summed E-state index contributed by atoms with van der Waals surface area (Å²) in [6.45, 7) is 1.51. The van der Waals surface area contributed by atoms with Crippen molar-refractivity contribution >= 4 is 51.0 Å². The Morgan fingerprint density at radius 2 is 1.94 bits per heavy atom. The van der Waals surface area contributed by atoms with Crippen LogP contribution in [0.1, 0.15) is 19.8 Å². The molecule has 3 heterocycles. The van der Waals surface area contributed by atoms with Gasteiger partial charge in [0, 0.05) is 55.8 Å². The Morgan fingerprint density at radius 1 is 1.12 bits per heavy atom. The van der Waals surface area contributed by atoms with Crippen molar-refractivity contribution in [3.8, 4) is 11.5 Å². The van der Waals surface area contributed by atoms with Gasteiger partial charge in [-0.2, -0.15) is 0 Å². The van der Waals surface area contributed by atoms with Gasteiger partial charge in [0.1, 0.15) is 17.2 Å². The van der Waals surface area contributed by atoms with Crippen LogP contribution in [0.15, 0.2) is 41.1 Å². The third-order valence-electron chi connectivity index (χ3n) is 5.67. The molecule has 1 saturated carbocycles. The summed E-state index contributed by atoms with van der Waals surface area (Å²) in [6.07, 6.45) is 5.21. The Labute approximate surface area is 183 Å². The van der Waals surface area contributed by atoms with Crippen molar-refractivity contribution in [3.63, 3.8) is 0 Å². The number of rotatable bonds is 5. The van der Waals surface area contributed by atoms with Crippen LogP contribution in [0.2, 0.25) is 0 Å². The first-order valence-electron chi connectivity index (χ1n) is 10.4. The normalized spacial score (nSPS) is 13.3. The average Bonchev–Trinajstić information content (AvgIpc) is 3.56. The van der Waals surface area contributed by atoms with E-state index in [1.807, 2.05) is 18.2 Å². The highest BCUT2D eigenvalue weighted by Gasteiger charge is 2.30. The summed E-state index contributed by atoms with van der Waals surface area (Å²) in [4.78, 5) is 39.0. The van der Waals surface area contributed by atoms with Crippen LogP contribution in [0.4, 0.5) is 17.3 Å². The number of aromatic nitrogens is 3. The van der Waals surface area contributed by atoms with Gasteiger partial charge >= 0.3 is 0 Å². The number of carbonyl (C=O) groups is 2. The lowest BCUT2D eigenvalue weighted by atomic mass is 10.1. The van der Waals surface area contributed by atoms with Gasteiger partial charge in [-0.25, -0.2) is 15.0 Å². The predicted molar refractivity (Wildman–Crippen MR) is 123 cm³/mol. The minimum absolute atomic E-state index is 0.00900. The van der Waals surface area contributed by atoms with E-state index in [9.17, 15) is 9.59 Å². The number of oxazole rings is 1. The van der Waals surface area contributed by atoms with Crippen LogP contribution in [-0.4, -0.2) is 40.9 Å². The van der Waals surface area contributed by atoms with Gasteiger partial charge in [0.2, 0.25) is 17.7 Å². The first-order valence-corrected chi connectivity index (χ1v) is 10.4. The monoisotopic (exact) mass is 430 g/mol. The quantitative estimate of drug-likeness (QED) is 0.495. The van der Waals surface area contributed by atoms with Crippen molar-refractivity contribution in [1.82, 2.24) is 15.0 Å². The number of benzene rings is 1. The highest BCUT2D eigenvalue weighted by molar-refractivity contribution is 6.03. The molecule has 0 atom stereocenters. The van der Waals surface area contributed by atoms with Crippen molar-refractivity contribution < 1.29 is 14.0 Å². The SMILES string of the molecule is CNc1ncc(-c2nc3cc(N(C)C(C)=O)ccc3o2)c2cc(NC(=O)C3CC3)ncc12. The zero-order chi connectivity index (χ0) is 22.4. The van der Waals surface area contributed by atoms with Crippen LogP contribution in [-0.2, 0) is 9.59 Å². The molecular weight excluding hydrogens is 408 g/mol. The van der Waals surface area contributed by atoms with Gasteiger partial charge in [-0.3, -0.25) is 9.59 Å². The zero-order valence-electron chi connectivity index (χ0n) is 18.0. The number of hydrogen-bond acceptors (Lipinski definition) is 7. The Morgan fingerprint density at radius 3 is 2.66 bits per heavy atom. The fourth-order valence-corrected chi connectivity index (χ4v) is 3.57. The van der Waals surface area contributed by atoms with Crippen LogP contribution >= 0.6 is 0 Å². The Balaban J connectivity index is 1.61. The van der Waals surface area contributed by atoms with E-state index in [0.717, 1.165) is 29.3 Å². The molecule has 9 nitrogen and oxygen atoms in total. The third kappa shape index (κ3) is 3.51. The average molecular weight is 430 g/mol. The van der Waals surface area contributed by atoms with Crippen molar-refractivity contribution in [3.05, 3.63) is 36.7 Å². The molecule has 32 heavy (non-hydrogen) atoms. The van der Waals surface area contributed by atoms with Gasteiger partial charge in [0.05, 0.1) is 5.56 Å². The minimum atomic E-state index is -0.0702. The molecule has 0 saturated heterocycles. The predicted octanol–water partition coefficient (Wildman–Crippen LogP) is 3.81. The fourth-order valence-electron chi connectivity index (χ4n) is 3.57. The molecule has 0 aliphatic heterocycles. The van der Waals surface area contributed by atoms with E-state index in [2.05, 4.69) is 25.6 Å². The molecule has 9 heteroatoms. The summed E-state index contributed by atoms with van der Waals surface area (Å²) in [5.41, 5.74) is 2.64. The number of pyridine rings is 2. The number of fused-ring (bicyclic) bond motifs is 2. The molecule has 3 aromatic heterocycles. The Hall–Kier alpha value is -4.01. The van der Waals surface area contributed by atoms with Gasteiger partial charge in [-0.15, -0.1) is 0 Å². The summed E-state index contributed by atoms with van der Waals surface area (Å²) in [7, 11) is 3.50. The maximum Gasteiger partial charge on any atom is 0.229 e. The van der Waals surface area contributed by atoms with Crippen LogP contribution in [0.3, 0.4) is 0 Å². The molecule has 162 valence electrons. The van der Waals surface area contributed by atoms with E-state index in [1.54, 1.807) is 37.5 Å². The highest BCUT2D eigenvalue weighted by atomic mass is 16.3. The number of nitrogens with one attached hydrogen (secondary N) is 2. The maximum atomic E-state index is 12.2. The smallest absolute Gasteiger partial charge is 0.229 e. The zero-order valence-corrected chi connectivity index (χ0v) is 18.0. The van der Waals surface area contributed by atoms with Crippen LogP contribution in [0, 0.1) is 5.92 Å². The van der Waals surface area contributed by atoms with E-state index in [0.29, 0.717) is 34.2 Å². The number of anilines is 3. The Bertz CT molecular complexity index is 1380. The topological polar surface area (TPSA) is 113 Å². The van der Waals surface area contributed by atoms with E-state index < -0.39 is 0 Å². The minimum Gasteiger partial charge on any atom is -0.436 e. The lowest BCUT2D eigenvalue weighted by Gasteiger charge is -2.14. The van der Waals surface area contributed by atoms with Crippen LogP contribution < -0.4 is 15.5 Å². The molecule has 4 aromatic rings. The molecule has 1 fully saturated rings. The van der Waals surface area contributed by atoms with Crippen molar-refractivity contribution in [2.45, 2.75) is 19.8 Å². The van der Waals surface area contributed by atoms with Gasteiger partial charge in [0.25, 0.3) is 0 Å².